The molecule has 2 rings (SSSR count). The fourth-order valence-corrected chi connectivity index (χ4v) is 1.81. The number of halogens is 1. The van der Waals surface area contributed by atoms with Gasteiger partial charge in [0, 0.05) is 5.69 Å². The van der Waals surface area contributed by atoms with E-state index in [1.54, 1.807) is 31.2 Å². The SMILES string of the molecule is Cc1cc(O)ccc1NC(=O)Cc1cccc(F)c1. The van der Waals surface area contributed by atoms with Crippen molar-refractivity contribution in [3.63, 3.8) is 0 Å². The number of phenols is 1. The molecule has 2 aromatic rings. The van der Waals surface area contributed by atoms with Crippen LogP contribution in [0.15, 0.2) is 42.5 Å². The summed E-state index contributed by atoms with van der Waals surface area (Å²) in [5.74, 6) is -0.425. The number of aryl methyl sites for hydroxylation is 1. The lowest BCUT2D eigenvalue weighted by Crippen LogP contribution is -2.15. The molecule has 19 heavy (non-hydrogen) atoms. The number of aromatic hydroxyl groups is 1. The number of rotatable bonds is 3. The number of carbonyl (C=O) groups excluding carboxylic acids is 1. The van der Waals surface area contributed by atoms with Gasteiger partial charge in [0.05, 0.1) is 6.42 Å². The molecule has 0 radical (unpaired) electrons. The van der Waals surface area contributed by atoms with Gasteiger partial charge in [-0.05, 0) is 48.4 Å². The number of nitrogens with one attached hydrogen (secondary N) is 1. The Labute approximate surface area is 110 Å². The number of phenolic OH excluding ortho intramolecular Hbond substituents is 1. The minimum atomic E-state index is -0.355. The van der Waals surface area contributed by atoms with E-state index in [1.807, 2.05) is 0 Å². The molecule has 0 bridgehead atoms. The fraction of sp³-hybridized carbons (Fsp3) is 0.133. The second kappa shape index (κ2) is 5.52. The number of amides is 1. The summed E-state index contributed by atoms with van der Waals surface area (Å²) in [4.78, 5) is 11.8. The van der Waals surface area contributed by atoms with E-state index in [-0.39, 0.29) is 23.9 Å². The van der Waals surface area contributed by atoms with Crippen LogP contribution in [0.4, 0.5) is 10.1 Å². The zero-order chi connectivity index (χ0) is 13.8. The molecule has 0 aromatic heterocycles. The van der Waals surface area contributed by atoms with E-state index < -0.39 is 0 Å². The van der Waals surface area contributed by atoms with Crippen LogP contribution in [0.5, 0.6) is 5.75 Å². The van der Waals surface area contributed by atoms with E-state index in [9.17, 15) is 14.3 Å². The van der Waals surface area contributed by atoms with Gasteiger partial charge in [0.1, 0.15) is 11.6 Å². The summed E-state index contributed by atoms with van der Waals surface area (Å²) in [6.45, 7) is 1.79. The summed E-state index contributed by atoms with van der Waals surface area (Å²) in [5.41, 5.74) is 2.03. The Bertz CT molecular complexity index is 611. The Morgan fingerprint density at radius 3 is 2.74 bits per heavy atom. The molecular formula is C15H14FNO2. The third kappa shape index (κ3) is 3.55. The van der Waals surface area contributed by atoms with Crippen molar-refractivity contribution in [3.8, 4) is 5.75 Å². The number of hydrogen-bond donors (Lipinski definition) is 2. The average molecular weight is 259 g/mol. The molecule has 0 atom stereocenters. The topological polar surface area (TPSA) is 49.3 Å². The molecule has 0 heterocycles. The third-order valence-corrected chi connectivity index (χ3v) is 2.74. The van der Waals surface area contributed by atoms with Crippen molar-refractivity contribution >= 4 is 11.6 Å². The van der Waals surface area contributed by atoms with Gasteiger partial charge in [-0.1, -0.05) is 12.1 Å². The largest absolute Gasteiger partial charge is 0.508 e. The second-order valence-corrected chi connectivity index (χ2v) is 4.35. The monoisotopic (exact) mass is 259 g/mol. The number of carbonyl (C=O) groups is 1. The first-order valence-corrected chi connectivity index (χ1v) is 5.88. The molecule has 0 aliphatic rings. The Morgan fingerprint density at radius 1 is 1.26 bits per heavy atom. The molecule has 0 saturated carbocycles. The normalized spacial score (nSPS) is 10.2. The maximum Gasteiger partial charge on any atom is 0.228 e. The minimum absolute atomic E-state index is 0.109. The molecule has 0 saturated heterocycles. The highest BCUT2D eigenvalue weighted by molar-refractivity contribution is 5.93. The van der Waals surface area contributed by atoms with E-state index in [1.165, 1.54) is 18.2 Å². The fourth-order valence-electron chi connectivity index (χ4n) is 1.81. The summed E-state index contributed by atoms with van der Waals surface area (Å²) < 4.78 is 13.0. The summed E-state index contributed by atoms with van der Waals surface area (Å²) in [6.07, 6.45) is 0.109. The predicted octanol–water partition coefficient (Wildman–Crippen LogP) is 3.02. The van der Waals surface area contributed by atoms with Crippen molar-refractivity contribution in [2.45, 2.75) is 13.3 Å². The van der Waals surface area contributed by atoms with Crippen LogP contribution in [-0.2, 0) is 11.2 Å². The van der Waals surface area contributed by atoms with Crippen LogP contribution in [0.2, 0.25) is 0 Å². The van der Waals surface area contributed by atoms with Gasteiger partial charge in [0.15, 0.2) is 0 Å². The molecular weight excluding hydrogens is 245 g/mol. The molecule has 0 spiro atoms. The van der Waals surface area contributed by atoms with E-state index >= 15 is 0 Å². The Kier molecular flexibility index (Phi) is 3.80. The highest BCUT2D eigenvalue weighted by Gasteiger charge is 2.07. The van der Waals surface area contributed by atoms with Crippen molar-refractivity contribution in [2.75, 3.05) is 5.32 Å². The predicted molar refractivity (Wildman–Crippen MR) is 71.6 cm³/mol. The first-order chi connectivity index (χ1) is 9.04. The molecule has 0 unspecified atom stereocenters. The van der Waals surface area contributed by atoms with Crippen molar-refractivity contribution in [1.29, 1.82) is 0 Å². The standard InChI is InChI=1S/C15H14FNO2/c1-10-7-13(18)5-6-14(10)17-15(19)9-11-3-2-4-12(16)8-11/h2-8,18H,9H2,1H3,(H,17,19). The van der Waals surface area contributed by atoms with E-state index in [0.717, 1.165) is 5.56 Å². The lowest BCUT2D eigenvalue weighted by atomic mass is 10.1. The first kappa shape index (κ1) is 13.1. The summed E-state index contributed by atoms with van der Waals surface area (Å²) in [7, 11) is 0. The highest BCUT2D eigenvalue weighted by atomic mass is 19.1. The second-order valence-electron chi connectivity index (χ2n) is 4.35. The first-order valence-electron chi connectivity index (χ1n) is 5.88. The van der Waals surface area contributed by atoms with Crippen LogP contribution < -0.4 is 5.32 Å². The molecule has 98 valence electrons. The van der Waals surface area contributed by atoms with Gasteiger partial charge < -0.3 is 10.4 Å². The van der Waals surface area contributed by atoms with Crippen LogP contribution in [0.3, 0.4) is 0 Å². The van der Waals surface area contributed by atoms with Gasteiger partial charge >= 0.3 is 0 Å². The highest BCUT2D eigenvalue weighted by Crippen LogP contribution is 2.20. The van der Waals surface area contributed by atoms with Crippen LogP contribution >= 0.6 is 0 Å². The summed E-state index contributed by atoms with van der Waals surface area (Å²) in [6, 6.07) is 10.7. The Hall–Kier alpha value is -2.36. The zero-order valence-electron chi connectivity index (χ0n) is 10.5. The summed E-state index contributed by atoms with van der Waals surface area (Å²) in [5, 5.41) is 12.0. The maximum absolute atomic E-state index is 13.0. The minimum Gasteiger partial charge on any atom is -0.508 e. The molecule has 0 aliphatic carbocycles. The molecule has 0 fully saturated rings. The van der Waals surface area contributed by atoms with Gasteiger partial charge in [-0.25, -0.2) is 4.39 Å². The van der Waals surface area contributed by atoms with E-state index in [2.05, 4.69) is 5.32 Å². The Morgan fingerprint density at radius 2 is 2.05 bits per heavy atom. The zero-order valence-corrected chi connectivity index (χ0v) is 10.5. The number of benzene rings is 2. The van der Waals surface area contributed by atoms with Gasteiger partial charge in [-0.15, -0.1) is 0 Å². The molecule has 3 nitrogen and oxygen atoms in total. The van der Waals surface area contributed by atoms with Crippen LogP contribution in [0.1, 0.15) is 11.1 Å². The van der Waals surface area contributed by atoms with Gasteiger partial charge in [0.2, 0.25) is 5.91 Å². The van der Waals surface area contributed by atoms with Crippen molar-refractivity contribution in [3.05, 3.63) is 59.4 Å². The lowest BCUT2D eigenvalue weighted by Gasteiger charge is -2.08. The number of anilines is 1. The van der Waals surface area contributed by atoms with Gasteiger partial charge in [0.25, 0.3) is 0 Å². The Balaban J connectivity index is 2.05. The smallest absolute Gasteiger partial charge is 0.228 e. The van der Waals surface area contributed by atoms with Crippen LogP contribution in [-0.4, -0.2) is 11.0 Å². The molecule has 4 heteroatoms. The van der Waals surface area contributed by atoms with Crippen LogP contribution in [0.25, 0.3) is 0 Å². The van der Waals surface area contributed by atoms with Crippen molar-refractivity contribution < 1.29 is 14.3 Å². The summed E-state index contributed by atoms with van der Waals surface area (Å²) >= 11 is 0. The lowest BCUT2D eigenvalue weighted by molar-refractivity contribution is -0.115. The molecule has 2 aromatic carbocycles. The third-order valence-electron chi connectivity index (χ3n) is 2.74. The molecule has 0 aliphatic heterocycles. The quantitative estimate of drug-likeness (QED) is 0.832. The van der Waals surface area contributed by atoms with E-state index in [0.29, 0.717) is 11.3 Å². The molecule has 2 N–H and O–H groups in total. The average Bonchev–Trinajstić information content (AvgIpc) is 2.33. The van der Waals surface area contributed by atoms with Crippen LogP contribution in [0, 0.1) is 12.7 Å². The molecule has 1 amide bonds. The maximum atomic E-state index is 13.0. The van der Waals surface area contributed by atoms with Crippen molar-refractivity contribution in [1.82, 2.24) is 0 Å². The van der Waals surface area contributed by atoms with Gasteiger partial charge in [-0.2, -0.15) is 0 Å². The van der Waals surface area contributed by atoms with Gasteiger partial charge in [-0.3, -0.25) is 4.79 Å². The number of hydrogen-bond acceptors (Lipinski definition) is 2. The van der Waals surface area contributed by atoms with E-state index in [4.69, 9.17) is 0 Å². The van der Waals surface area contributed by atoms with Crippen molar-refractivity contribution in [2.24, 2.45) is 0 Å².